The Morgan fingerprint density at radius 1 is 1.46 bits per heavy atom. The lowest BCUT2D eigenvalue weighted by Crippen LogP contribution is -2.42. The number of ether oxygens (including phenoxy) is 1. The molecule has 1 aliphatic rings. The molecule has 2 rings (SSSR count). The number of hydrogen-bond acceptors (Lipinski definition) is 7. The lowest BCUT2D eigenvalue weighted by Gasteiger charge is -2.17. The Morgan fingerprint density at radius 3 is 2.92 bits per heavy atom. The van der Waals surface area contributed by atoms with E-state index < -0.39 is 12.0 Å². The summed E-state index contributed by atoms with van der Waals surface area (Å²) in [5.41, 5.74) is 1.39. The molecule has 1 heterocycles. The fraction of sp³-hybridized carbons (Fsp3) is 0.556. The third kappa shape index (κ3) is 6.41. The molecule has 1 amide bonds. The van der Waals surface area contributed by atoms with Gasteiger partial charge in [0.05, 0.1) is 7.11 Å². The summed E-state index contributed by atoms with van der Waals surface area (Å²) in [5.74, 6) is 0.0668. The van der Waals surface area contributed by atoms with E-state index >= 15 is 0 Å². The molecule has 0 saturated carbocycles. The molecular formula is C18H27N3O3S2. The number of methoxy groups -OCH3 is 1. The number of anilines is 1. The van der Waals surface area contributed by atoms with E-state index in [9.17, 15) is 9.59 Å². The first-order valence-electron chi connectivity index (χ1n) is 8.66. The fourth-order valence-electron chi connectivity index (χ4n) is 2.83. The van der Waals surface area contributed by atoms with Gasteiger partial charge in [-0.1, -0.05) is 6.07 Å². The number of benzene rings is 1. The average molecular weight is 398 g/mol. The molecule has 3 atom stereocenters. The molecule has 0 radical (unpaired) electrons. The minimum Gasteiger partial charge on any atom is -0.467 e. The number of amides is 1. The Morgan fingerprint density at radius 2 is 2.27 bits per heavy atom. The third-order valence-electron chi connectivity index (χ3n) is 4.28. The standard InChI is InChI=1S/C18H27N3O3S2/c1-24-18(23)16(6-7-26-2)21-17(22)12-4-3-5-13(8-12)19-10-14-9-15(25)11-20-14/h3-5,8,14-16,19-20,25H,6-7,9-11H2,1-2H3,(H,21,22). The molecule has 0 aromatic heterocycles. The summed E-state index contributed by atoms with van der Waals surface area (Å²) in [6.07, 6.45) is 3.52. The van der Waals surface area contributed by atoms with Crippen molar-refractivity contribution in [2.24, 2.45) is 0 Å². The van der Waals surface area contributed by atoms with Gasteiger partial charge in [-0.2, -0.15) is 24.4 Å². The summed E-state index contributed by atoms with van der Waals surface area (Å²) in [6, 6.07) is 7.04. The van der Waals surface area contributed by atoms with Crippen LogP contribution in [-0.4, -0.2) is 61.4 Å². The van der Waals surface area contributed by atoms with Crippen molar-refractivity contribution in [2.75, 3.05) is 37.5 Å². The van der Waals surface area contributed by atoms with Gasteiger partial charge in [-0.05, 0) is 43.0 Å². The maximum absolute atomic E-state index is 12.5. The zero-order valence-corrected chi connectivity index (χ0v) is 16.9. The van der Waals surface area contributed by atoms with Gasteiger partial charge >= 0.3 is 5.97 Å². The molecule has 144 valence electrons. The number of carbonyl (C=O) groups is 2. The zero-order valence-electron chi connectivity index (χ0n) is 15.2. The van der Waals surface area contributed by atoms with Crippen LogP contribution in [0.15, 0.2) is 24.3 Å². The second-order valence-corrected chi connectivity index (χ2v) is 8.00. The summed E-state index contributed by atoms with van der Waals surface area (Å²) in [6.45, 7) is 1.70. The van der Waals surface area contributed by atoms with Crippen molar-refractivity contribution < 1.29 is 14.3 Å². The van der Waals surface area contributed by atoms with Gasteiger partial charge in [-0.25, -0.2) is 4.79 Å². The van der Waals surface area contributed by atoms with Crippen LogP contribution in [0.5, 0.6) is 0 Å². The normalized spacial score (nSPS) is 20.4. The van der Waals surface area contributed by atoms with Crippen molar-refractivity contribution in [3.05, 3.63) is 29.8 Å². The average Bonchev–Trinajstić information content (AvgIpc) is 3.08. The Kier molecular flexibility index (Phi) is 8.61. The lowest BCUT2D eigenvalue weighted by molar-refractivity contribution is -0.142. The van der Waals surface area contributed by atoms with Gasteiger partial charge in [-0.3, -0.25) is 4.79 Å². The number of carbonyl (C=O) groups excluding carboxylic acids is 2. The van der Waals surface area contributed by atoms with E-state index in [-0.39, 0.29) is 5.91 Å². The minimum atomic E-state index is -0.633. The SMILES string of the molecule is COC(=O)C(CCSC)NC(=O)c1cccc(NCC2CC(S)CN2)c1. The monoisotopic (exact) mass is 397 g/mol. The first kappa shape index (κ1) is 20.9. The molecule has 8 heteroatoms. The molecule has 1 aromatic carbocycles. The molecule has 3 unspecified atom stereocenters. The highest BCUT2D eigenvalue weighted by Crippen LogP contribution is 2.15. The van der Waals surface area contributed by atoms with Crippen LogP contribution in [0, 0.1) is 0 Å². The van der Waals surface area contributed by atoms with Crippen molar-refractivity contribution in [1.29, 1.82) is 0 Å². The fourth-order valence-corrected chi connectivity index (χ4v) is 3.66. The maximum atomic E-state index is 12.5. The van der Waals surface area contributed by atoms with Gasteiger partial charge in [0.25, 0.3) is 5.91 Å². The van der Waals surface area contributed by atoms with Gasteiger partial charge in [0.1, 0.15) is 6.04 Å². The number of thiol groups is 1. The molecule has 0 bridgehead atoms. The van der Waals surface area contributed by atoms with Crippen molar-refractivity contribution >= 4 is 42.0 Å². The van der Waals surface area contributed by atoms with Crippen molar-refractivity contribution in [2.45, 2.75) is 30.2 Å². The van der Waals surface area contributed by atoms with Crippen molar-refractivity contribution in [3.63, 3.8) is 0 Å². The van der Waals surface area contributed by atoms with Crippen LogP contribution >= 0.6 is 24.4 Å². The Balaban J connectivity index is 1.94. The number of nitrogens with one attached hydrogen (secondary N) is 3. The van der Waals surface area contributed by atoms with E-state index in [1.54, 1.807) is 23.9 Å². The first-order valence-corrected chi connectivity index (χ1v) is 10.6. The van der Waals surface area contributed by atoms with Gasteiger partial charge in [-0.15, -0.1) is 0 Å². The molecule has 6 nitrogen and oxygen atoms in total. The quantitative estimate of drug-likeness (QED) is 0.376. The second kappa shape index (κ2) is 10.7. The van der Waals surface area contributed by atoms with E-state index in [0.717, 1.165) is 31.0 Å². The summed E-state index contributed by atoms with van der Waals surface area (Å²) in [5, 5.41) is 9.93. The van der Waals surface area contributed by atoms with Gasteiger partial charge in [0.2, 0.25) is 0 Å². The zero-order chi connectivity index (χ0) is 18.9. The van der Waals surface area contributed by atoms with Crippen LogP contribution in [0.25, 0.3) is 0 Å². The van der Waals surface area contributed by atoms with Crippen LogP contribution in [0.4, 0.5) is 5.69 Å². The van der Waals surface area contributed by atoms with Gasteiger partial charge < -0.3 is 20.7 Å². The second-order valence-electron chi connectivity index (χ2n) is 6.29. The summed E-state index contributed by atoms with van der Waals surface area (Å²) in [7, 11) is 1.33. The third-order valence-corrected chi connectivity index (χ3v) is 5.32. The number of esters is 1. The first-order chi connectivity index (χ1) is 12.5. The molecule has 1 fully saturated rings. The van der Waals surface area contributed by atoms with Crippen LogP contribution in [-0.2, 0) is 9.53 Å². The van der Waals surface area contributed by atoms with E-state index in [1.807, 2.05) is 18.4 Å². The number of thioether (sulfide) groups is 1. The lowest BCUT2D eigenvalue weighted by atomic mass is 10.1. The molecule has 3 N–H and O–H groups in total. The van der Waals surface area contributed by atoms with Crippen molar-refractivity contribution in [1.82, 2.24) is 10.6 Å². The predicted molar refractivity (Wildman–Crippen MR) is 110 cm³/mol. The molecule has 1 saturated heterocycles. The topological polar surface area (TPSA) is 79.5 Å². The van der Waals surface area contributed by atoms with Crippen LogP contribution in [0.2, 0.25) is 0 Å². The molecule has 26 heavy (non-hydrogen) atoms. The highest BCUT2D eigenvalue weighted by atomic mass is 32.2. The summed E-state index contributed by atoms with van der Waals surface area (Å²) < 4.78 is 4.79. The Labute approximate surface area is 164 Å². The maximum Gasteiger partial charge on any atom is 0.328 e. The van der Waals surface area contributed by atoms with Gasteiger partial charge in [0.15, 0.2) is 0 Å². The Bertz CT molecular complexity index is 615. The van der Waals surface area contributed by atoms with Crippen LogP contribution in [0.3, 0.4) is 0 Å². The van der Waals surface area contributed by atoms with Crippen molar-refractivity contribution in [3.8, 4) is 0 Å². The molecule has 0 spiro atoms. The number of rotatable bonds is 9. The Hall–Kier alpha value is -1.38. The predicted octanol–water partition coefficient (Wildman–Crippen LogP) is 1.78. The minimum absolute atomic E-state index is 0.278. The highest BCUT2D eigenvalue weighted by Gasteiger charge is 2.22. The summed E-state index contributed by atoms with van der Waals surface area (Å²) in [4.78, 5) is 24.4. The molecular weight excluding hydrogens is 370 g/mol. The van der Waals surface area contributed by atoms with E-state index in [2.05, 4.69) is 28.6 Å². The summed E-state index contributed by atoms with van der Waals surface area (Å²) >= 11 is 6.09. The van der Waals surface area contributed by atoms with Crippen LogP contribution in [0.1, 0.15) is 23.2 Å². The van der Waals surface area contributed by atoms with Crippen LogP contribution < -0.4 is 16.0 Å². The molecule has 1 aliphatic heterocycles. The largest absolute Gasteiger partial charge is 0.467 e. The van der Waals surface area contributed by atoms with Gasteiger partial charge in [0, 0.05) is 35.6 Å². The number of hydrogen-bond donors (Lipinski definition) is 4. The van der Waals surface area contributed by atoms with E-state index in [0.29, 0.717) is 23.3 Å². The van der Waals surface area contributed by atoms with E-state index in [1.165, 1.54) is 7.11 Å². The highest BCUT2D eigenvalue weighted by molar-refractivity contribution is 7.98. The molecule has 0 aliphatic carbocycles. The van der Waals surface area contributed by atoms with E-state index in [4.69, 9.17) is 4.74 Å². The molecule has 1 aromatic rings. The smallest absolute Gasteiger partial charge is 0.328 e.